The fourth-order valence-corrected chi connectivity index (χ4v) is 3.63. The molecule has 1 fully saturated rings. The number of para-hydroxylation sites is 1. The van der Waals surface area contributed by atoms with E-state index in [-0.39, 0.29) is 5.91 Å². The van der Waals surface area contributed by atoms with Crippen LogP contribution in [0.4, 0.5) is 11.8 Å². The fraction of sp³-hybridized carbons (Fsp3) is 0.500. The molecule has 0 aliphatic heterocycles. The van der Waals surface area contributed by atoms with Crippen molar-refractivity contribution in [3.8, 4) is 5.75 Å². The Morgan fingerprint density at radius 1 is 1.17 bits per heavy atom. The number of benzene rings is 1. The number of ether oxygens (including phenoxy) is 1. The number of amides is 1. The Bertz CT molecular complexity index is 803. The van der Waals surface area contributed by atoms with Gasteiger partial charge in [0.2, 0.25) is 5.95 Å². The zero-order valence-corrected chi connectivity index (χ0v) is 17.5. The highest BCUT2D eigenvalue weighted by Gasteiger charge is 2.23. The van der Waals surface area contributed by atoms with Crippen molar-refractivity contribution in [2.45, 2.75) is 38.6 Å². The molecule has 3 rings (SSSR count). The minimum atomic E-state index is -0.0665. The van der Waals surface area contributed by atoms with Crippen LogP contribution in [0.15, 0.2) is 36.5 Å². The topological polar surface area (TPSA) is 79.4 Å². The number of nitrogens with zero attached hydrogens (tertiary/aromatic N) is 3. The number of aromatic nitrogens is 2. The standard InChI is InChI=1S/C22H31N5O2/c1-4-29-19-8-6-5-7-18(19)21(28)24-15-16-9-11-17(12-10-16)25-22-23-14-13-20(26-22)27(2)3/h5-8,13-14,16-17H,4,9-12,15H2,1-3H3,(H,24,28)(H,23,25,26). The van der Waals surface area contributed by atoms with Crippen molar-refractivity contribution < 1.29 is 9.53 Å². The van der Waals surface area contributed by atoms with E-state index in [1.807, 2.05) is 56.3 Å². The van der Waals surface area contributed by atoms with E-state index in [4.69, 9.17) is 4.74 Å². The number of anilines is 2. The third kappa shape index (κ3) is 5.82. The van der Waals surface area contributed by atoms with Crippen molar-refractivity contribution >= 4 is 17.7 Å². The van der Waals surface area contributed by atoms with Crippen molar-refractivity contribution in [2.75, 3.05) is 37.5 Å². The Balaban J connectivity index is 1.45. The monoisotopic (exact) mass is 397 g/mol. The van der Waals surface area contributed by atoms with Crippen LogP contribution in [0.3, 0.4) is 0 Å². The molecule has 0 bridgehead atoms. The molecule has 0 unspecified atom stereocenters. The summed E-state index contributed by atoms with van der Waals surface area (Å²) in [4.78, 5) is 23.4. The maximum Gasteiger partial charge on any atom is 0.255 e. The predicted octanol–water partition coefficient (Wildman–Crippen LogP) is 3.34. The summed E-state index contributed by atoms with van der Waals surface area (Å²) in [6.45, 7) is 3.16. The van der Waals surface area contributed by atoms with Crippen LogP contribution in [0.1, 0.15) is 43.0 Å². The first kappa shape index (κ1) is 20.9. The largest absolute Gasteiger partial charge is 0.493 e. The molecule has 1 aliphatic carbocycles. The van der Waals surface area contributed by atoms with Crippen molar-refractivity contribution in [1.29, 1.82) is 0 Å². The van der Waals surface area contributed by atoms with Crippen LogP contribution in [0.5, 0.6) is 5.75 Å². The summed E-state index contributed by atoms with van der Waals surface area (Å²) in [5.41, 5.74) is 0.600. The lowest BCUT2D eigenvalue weighted by Gasteiger charge is -2.29. The van der Waals surface area contributed by atoms with Gasteiger partial charge in [-0.2, -0.15) is 4.98 Å². The molecule has 1 aromatic carbocycles. The van der Waals surface area contributed by atoms with E-state index >= 15 is 0 Å². The van der Waals surface area contributed by atoms with E-state index < -0.39 is 0 Å². The number of carbonyl (C=O) groups excluding carboxylic acids is 1. The fourth-order valence-electron chi connectivity index (χ4n) is 3.63. The highest BCUT2D eigenvalue weighted by molar-refractivity contribution is 5.96. The molecule has 1 saturated carbocycles. The van der Waals surface area contributed by atoms with Gasteiger partial charge >= 0.3 is 0 Å². The van der Waals surface area contributed by atoms with Gasteiger partial charge in [-0.15, -0.1) is 0 Å². The molecular weight excluding hydrogens is 366 g/mol. The van der Waals surface area contributed by atoms with E-state index in [1.165, 1.54) is 0 Å². The van der Waals surface area contributed by atoms with Gasteiger partial charge in [0, 0.05) is 32.9 Å². The van der Waals surface area contributed by atoms with Gasteiger partial charge in [-0.1, -0.05) is 12.1 Å². The highest BCUT2D eigenvalue weighted by atomic mass is 16.5. The molecule has 0 saturated heterocycles. The summed E-state index contributed by atoms with van der Waals surface area (Å²) < 4.78 is 5.56. The summed E-state index contributed by atoms with van der Waals surface area (Å²) in [6, 6.07) is 9.66. The summed E-state index contributed by atoms with van der Waals surface area (Å²) in [7, 11) is 3.94. The number of nitrogens with one attached hydrogen (secondary N) is 2. The van der Waals surface area contributed by atoms with Crippen molar-refractivity contribution in [1.82, 2.24) is 15.3 Å². The molecule has 1 aromatic heterocycles. The maximum atomic E-state index is 12.6. The van der Waals surface area contributed by atoms with Crippen LogP contribution >= 0.6 is 0 Å². The molecule has 1 heterocycles. The molecule has 156 valence electrons. The quantitative estimate of drug-likeness (QED) is 0.711. The van der Waals surface area contributed by atoms with E-state index in [1.54, 1.807) is 6.20 Å². The minimum absolute atomic E-state index is 0.0665. The molecule has 1 aliphatic rings. The third-order valence-corrected chi connectivity index (χ3v) is 5.26. The van der Waals surface area contributed by atoms with E-state index in [9.17, 15) is 4.79 Å². The average molecular weight is 398 g/mol. The summed E-state index contributed by atoms with van der Waals surface area (Å²) in [5.74, 6) is 2.64. The molecule has 1 amide bonds. The Kier molecular flexibility index (Phi) is 7.27. The predicted molar refractivity (Wildman–Crippen MR) is 116 cm³/mol. The van der Waals surface area contributed by atoms with E-state index in [0.29, 0.717) is 42.4 Å². The number of carbonyl (C=O) groups is 1. The summed E-state index contributed by atoms with van der Waals surface area (Å²) in [5, 5.41) is 6.54. The average Bonchev–Trinajstić information content (AvgIpc) is 2.74. The smallest absolute Gasteiger partial charge is 0.255 e. The molecule has 0 atom stereocenters. The van der Waals surface area contributed by atoms with Crippen LogP contribution < -0.4 is 20.3 Å². The Hall–Kier alpha value is -2.83. The van der Waals surface area contributed by atoms with Gasteiger partial charge in [-0.25, -0.2) is 4.98 Å². The van der Waals surface area contributed by atoms with Gasteiger partial charge in [0.1, 0.15) is 11.6 Å². The summed E-state index contributed by atoms with van der Waals surface area (Å²) >= 11 is 0. The maximum absolute atomic E-state index is 12.6. The Labute approximate surface area is 172 Å². The lowest BCUT2D eigenvalue weighted by atomic mass is 9.86. The molecule has 7 nitrogen and oxygen atoms in total. The van der Waals surface area contributed by atoms with Crippen LogP contribution in [0, 0.1) is 5.92 Å². The SMILES string of the molecule is CCOc1ccccc1C(=O)NCC1CCC(Nc2nccc(N(C)C)n2)CC1. The number of rotatable bonds is 8. The molecule has 2 aromatic rings. The van der Waals surface area contributed by atoms with Crippen molar-refractivity contribution in [3.63, 3.8) is 0 Å². The molecular formula is C22H31N5O2. The lowest BCUT2D eigenvalue weighted by Crippen LogP contribution is -2.34. The second kappa shape index (κ2) is 10.1. The second-order valence-corrected chi connectivity index (χ2v) is 7.63. The Morgan fingerprint density at radius 2 is 1.93 bits per heavy atom. The van der Waals surface area contributed by atoms with Crippen LogP contribution in [0.25, 0.3) is 0 Å². The molecule has 29 heavy (non-hydrogen) atoms. The van der Waals surface area contributed by atoms with Gasteiger partial charge in [-0.05, 0) is 56.7 Å². The summed E-state index contributed by atoms with van der Waals surface area (Å²) in [6.07, 6.45) is 6.01. The van der Waals surface area contributed by atoms with Gasteiger partial charge < -0.3 is 20.3 Å². The molecule has 0 spiro atoms. The van der Waals surface area contributed by atoms with E-state index in [0.717, 1.165) is 31.5 Å². The van der Waals surface area contributed by atoms with Gasteiger partial charge in [0.25, 0.3) is 5.91 Å². The van der Waals surface area contributed by atoms with Gasteiger partial charge in [0.15, 0.2) is 0 Å². The zero-order valence-electron chi connectivity index (χ0n) is 17.5. The first-order valence-electron chi connectivity index (χ1n) is 10.3. The normalized spacial score (nSPS) is 18.7. The molecule has 0 radical (unpaired) electrons. The first-order chi connectivity index (χ1) is 14.1. The first-order valence-corrected chi connectivity index (χ1v) is 10.3. The number of hydrogen-bond donors (Lipinski definition) is 2. The van der Waals surface area contributed by atoms with Crippen molar-refractivity contribution in [3.05, 3.63) is 42.1 Å². The molecule has 7 heteroatoms. The van der Waals surface area contributed by atoms with E-state index in [2.05, 4.69) is 20.6 Å². The van der Waals surface area contributed by atoms with Crippen LogP contribution in [0.2, 0.25) is 0 Å². The lowest BCUT2D eigenvalue weighted by molar-refractivity contribution is 0.0939. The van der Waals surface area contributed by atoms with Gasteiger partial charge in [0.05, 0.1) is 12.2 Å². The zero-order chi connectivity index (χ0) is 20.6. The molecule has 2 N–H and O–H groups in total. The van der Waals surface area contributed by atoms with Crippen molar-refractivity contribution in [2.24, 2.45) is 5.92 Å². The second-order valence-electron chi connectivity index (χ2n) is 7.63. The van der Waals surface area contributed by atoms with Crippen LogP contribution in [-0.2, 0) is 0 Å². The number of hydrogen-bond acceptors (Lipinski definition) is 6. The van der Waals surface area contributed by atoms with Gasteiger partial charge in [-0.3, -0.25) is 4.79 Å². The third-order valence-electron chi connectivity index (χ3n) is 5.26. The Morgan fingerprint density at radius 3 is 2.66 bits per heavy atom. The highest BCUT2D eigenvalue weighted by Crippen LogP contribution is 2.26. The van der Waals surface area contributed by atoms with Crippen LogP contribution in [-0.4, -0.2) is 49.2 Å². The minimum Gasteiger partial charge on any atom is -0.493 e.